The first-order chi connectivity index (χ1) is 32.0. The Morgan fingerprint density at radius 3 is 1.34 bits per heavy atom. The van der Waals surface area contributed by atoms with Crippen molar-refractivity contribution >= 4 is 43.6 Å². The fraction of sp³-hybridized carbons (Fsp3) is 0.520. The molecule has 18 heteroatoms. The van der Waals surface area contributed by atoms with Crippen LogP contribution in [0.2, 0.25) is 0 Å². The van der Waals surface area contributed by atoms with Crippen LogP contribution < -0.4 is 0 Å². The average molecular weight is 977 g/mol. The van der Waals surface area contributed by atoms with Gasteiger partial charge < -0.3 is 28.5 Å². The molecular formula is C50H64N4O12S2. The van der Waals surface area contributed by atoms with Crippen LogP contribution in [0.3, 0.4) is 0 Å². The third kappa shape index (κ3) is 10.9. The highest BCUT2D eigenvalue weighted by Crippen LogP contribution is 2.41. The summed E-state index contributed by atoms with van der Waals surface area (Å²) in [6.07, 6.45) is 3.12. The zero-order valence-electron chi connectivity index (χ0n) is 40.2. The number of rotatable bonds is 13. The molecule has 2 aromatic heterocycles. The van der Waals surface area contributed by atoms with Crippen molar-refractivity contribution in [1.82, 2.24) is 17.7 Å². The van der Waals surface area contributed by atoms with Crippen molar-refractivity contribution in [3.63, 3.8) is 0 Å². The predicted octanol–water partition coefficient (Wildman–Crippen LogP) is 5.77. The van der Waals surface area contributed by atoms with Gasteiger partial charge in [0.25, 0.3) is 0 Å². The van der Waals surface area contributed by atoms with Gasteiger partial charge in [0.05, 0.1) is 42.8 Å². The molecule has 1 N–H and O–H groups in total. The molecule has 2 aliphatic heterocycles. The van der Waals surface area contributed by atoms with E-state index in [1.807, 2.05) is 32.3 Å². The van der Waals surface area contributed by atoms with E-state index in [4.69, 9.17) is 14.2 Å². The Hall–Kier alpha value is -4.98. The number of Topliss-reactive ketones (excluding diaryl/α,β-unsaturated/α-hetero) is 2. The number of carboxylic acid groups (broad SMARTS) is 1. The van der Waals surface area contributed by atoms with Gasteiger partial charge in [0, 0.05) is 72.9 Å². The van der Waals surface area contributed by atoms with Crippen molar-refractivity contribution in [1.29, 1.82) is 0 Å². The summed E-state index contributed by atoms with van der Waals surface area (Å²) in [7, 11) is -7.14. The maximum Gasteiger partial charge on any atom is 0.325 e. The van der Waals surface area contributed by atoms with E-state index in [0.29, 0.717) is 109 Å². The third-order valence-electron chi connectivity index (χ3n) is 13.4. The van der Waals surface area contributed by atoms with E-state index in [1.165, 1.54) is 8.61 Å². The van der Waals surface area contributed by atoms with Crippen LogP contribution in [0.5, 0.6) is 0 Å². The lowest BCUT2D eigenvalue weighted by atomic mass is 9.75. The number of fused-ring (bicyclic) bond motifs is 2. The van der Waals surface area contributed by atoms with E-state index in [9.17, 15) is 41.1 Å². The van der Waals surface area contributed by atoms with Gasteiger partial charge in [-0.2, -0.15) is 8.61 Å². The summed E-state index contributed by atoms with van der Waals surface area (Å²) in [5.41, 5.74) is 7.76. The molecule has 4 aromatic rings. The Bertz CT molecular complexity index is 2790. The minimum atomic E-state index is -3.58. The smallest absolute Gasteiger partial charge is 0.325 e. The number of ether oxygens (including phenoxy) is 3. The Morgan fingerprint density at radius 2 is 0.985 bits per heavy atom. The molecule has 2 saturated heterocycles. The average Bonchev–Trinajstić information content (AvgIpc) is 3.67. The molecular weight excluding hydrogens is 913 g/mol. The predicted molar refractivity (Wildman–Crippen MR) is 253 cm³/mol. The topological polar surface area (TPSA) is 201 Å². The van der Waals surface area contributed by atoms with Gasteiger partial charge >= 0.3 is 11.9 Å². The Morgan fingerprint density at radius 1 is 0.618 bits per heavy atom. The number of benzene rings is 2. The maximum absolute atomic E-state index is 13.2. The fourth-order valence-corrected chi connectivity index (χ4v) is 12.8. The summed E-state index contributed by atoms with van der Waals surface area (Å²) in [4.78, 5) is 50.6. The number of carbonyl (C=O) groups is 4. The Labute approximate surface area is 399 Å². The van der Waals surface area contributed by atoms with Crippen LogP contribution in [-0.4, -0.2) is 122 Å². The first-order valence-corrected chi connectivity index (χ1v) is 26.1. The molecule has 368 valence electrons. The van der Waals surface area contributed by atoms with E-state index in [-0.39, 0.29) is 51.2 Å². The Balaban J connectivity index is 0.000000202. The monoisotopic (exact) mass is 976 g/mol. The molecule has 0 saturated carbocycles. The van der Waals surface area contributed by atoms with E-state index in [0.717, 1.165) is 45.0 Å². The van der Waals surface area contributed by atoms with Crippen LogP contribution in [0.15, 0.2) is 58.3 Å². The van der Waals surface area contributed by atoms with Gasteiger partial charge in [-0.3, -0.25) is 19.2 Å². The van der Waals surface area contributed by atoms with Gasteiger partial charge in [0.1, 0.15) is 13.1 Å². The number of hydrogen-bond acceptors (Lipinski definition) is 11. The van der Waals surface area contributed by atoms with Gasteiger partial charge in [-0.05, 0) is 104 Å². The lowest BCUT2D eigenvalue weighted by Gasteiger charge is -2.30. The quantitative estimate of drug-likeness (QED) is 0.159. The molecule has 4 heterocycles. The van der Waals surface area contributed by atoms with Crippen molar-refractivity contribution in [2.45, 2.75) is 110 Å². The maximum atomic E-state index is 13.2. The molecule has 0 spiro atoms. The van der Waals surface area contributed by atoms with Crippen LogP contribution in [-0.2, 0) is 82.6 Å². The molecule has 0 amide bonds. The van der Waals surface area contributed by atoms with Crippen LogP contribution in [0.25, 0.3) is 0 Å². The zero-order chi connectivity index (χ0) is 49.3. The molecule has 68 heavy (non-hydrogen) atoms. The van der Waals surface area contributed by atoms with Gasteiger partial charge in [-0.25, -0.2) is 16.8 Å². The summed E-state index contributed by atoms with van der Waals surface area (Å²) in [6, 6.07) is 13.6. The number of morpholine rings is 2. The second-order valence-corrected chi connectivity index (χ2v) is 23.6. The number of sulfonamides is 2. The highest BCUT2D eigenvalue weighted by molar-refractivity contribution is 7.89. The van der Waals surface area contributed by atoms with Crippen molar-refractivity contribution in [2.24, 2.45) is 10.8 Å². The van der Waals surface area contributed by atoms with Gasteiger partial charge in [0.2, 0.25) is 20.0 Å². The molecule has 0 unspecified atom stereocenters. The number of carbonyl (C=O) groups excluding carboxylic acids is 3. The van der Waals surface area contributed by atoms with Crippen molar-refractivity contribution in [3.05, 3.63) is 105 Å². The number of aliphatic carboxylic acids is 1. The van der Waals surface area contributed by atoms with Crippen LogP contribution in [0.1, 0.15) is 113 Å². The van der Waals surface area contributed by atoms with E-state index < -0.39 is 26.0 Å². The second kappa shape index (κ2) is 20.2. The normalized spacial score (nSPS) is 18.6. The third-order valence-corrected chi connectivity index (χ3v) is 17.2. The molecule has 4 aliphatic rings. The number of carboxylic acids is 1. The SMILES string of the molecule is CCOC(=O)Cn1c(C)c(Cc2ccc(S(=O)(=O)N3CCOCC3)cc2)c2c1CC(C)(C)CC2=O.Cc1c(Cc2ccc(S(=O)(=O)N3CCOCC3)cc2)c2c(n1CC(=O)O)CC(C)(C)CC2=O. The van der Waals surface area contributed by atoms with Gasteiger partial charge in [-0.15, -0.1) is 0 Å². The zero-order valence-corrected chi connectivity index (χ0v) is 41.8. The van der Waals surface area contributed by atoms with Gasteiger partial charge in [0.15, 0.2) is 11.6 Å². The van der Waals surface area contributed by atoms with Crippen LogP contribution in [0.4, 0.5) is 0 Å². The number of aromatic nitrogens is 2. The van der Waals surface area contributed by atoms with Crippen molar-refractivity contribution in [3.8, 4) is 0 Å². The number of hydrogen-bond donors (Lipinski definition) is 1. The summed E-state index contributed by atoms with van der Waals surface area (Å²) in [6.45, 7) is 16.9. The minimum Gasteiger partial charge on any atom is -0.480 e. The highest BCUT2D eigenvalue weighted by Gasteiger charge is 2.39. The lowest BCUT2D eigenvalue weighted by Crippen LogP contribution is -2.40. The molecule has 2 fully saturated rings. The molecule has 0 bridgehead atoms. The number of esters is 1. The van der Waals surface area contributed by atoms with Crippen LogP contribution >= 0.6 is 0 Å². The molecule has 0 radical (unpaired) electrons. The summed E-state index contributed by atoms with van der Waals surface area (Å²) in [5, 5.41) is 9.43. The highest BCUT2D eigenvalue weighted by atomic mass is 32.2. The fourth-order valence-electron chi connectivity index (χ4n) is 9.98. The lowest BCUT2D eigenvalue weighted by molar-refractivity contribution is -0.144. The second-order valence-electron chi connectivity index (χ2n) is 19.7. The molecule has 8 rings (SSSR count). The summed E-state index contributed by atoms with van der Waals surface area (Å²) in [5.74, 6) is -1.15. The first kappa shape index (κ1) is 50.9. The van der Waals surface area contributed by atoms with Crippen LogP contribution in [0, 0.1) is 24.7 Å². The largest absolute Gasteiger partial charge is 0.480 e. The summed E-state index contributed by atoms with van der Waals surface area (Å²) >= 11 is 0. The first-order valence-electron chi connectivity index (χ1n) is 23.2. The molecule has 0 atom stereocenters. The number of nitrogens with zero attached hydrogens (tertiary/aromatic N) is 4. The van der Waals surface area contributed by atoms with E-state index >= 15 is 0 Å². The summed E-state index contributed by atoms with van der Waals surface area (Å²) < 4.78 is 73.9. The van der Waals surface area contributed by atoms with Gasteiger partial charge in [-0.1, -0.05) is 52.0 Å². The molecule has 16 nitrogen and oxygen atoms in total. The Kier molecular flexibility index (Phi) is 15.1. The van der Waals surface area contributed by atoms with Crippen molar-refractivity contribution < 1.29 is 55.3 Å². The van der Waals surface area contributed by atoms with E-state index in [2.05, 4.69) is 13.8 Å². The molecule has 2 aliphatic carbocycles. The number of ketones is 2. The van der Waals surface area contributed by atoms with E-state index in [1.54, 1.807) is 60.0 Å². The minimum absolute atomic E-state index is 0.0370. The standard InChI is InChI=1S/C26H34N2O6S.C24H30N2O6S/c1-5-34-24(30)17-28-18(2)21(25-22(28)15-26(3,4)16-23(25)29)14-19-6-8-20(9-7-19)35(31,32)27-10-12-33-13-11-27;1-16-19(23-20(26(16)15-22(28)29)13-24(2,3)14-21(23)27)12-17-4-6-18(7-5-17)33(30,31)25-8-10-32-11-9-25/h6-9H,5,10-17H2,1-4H3;4-7H,8-15H2,1-3H3,(H,28,29). The molecule has 2 aromatic carbocycles. The van der Waals surface area contributed by atoms with Crippen molar-refractivity contribution in [2.75, 3.05) is 59.2 Å².